The molecule has 2 aliphatic rings. The molecule has 2 nitrogen and oxygen atoms in total. The average molecular weight is 331 g/mol. The van der Waals surface area contributed by atoms with Crippen molar-refractivity contribution in [3.05, 3.63) is 35.4 Å². The first-order valence-corrected chi connectivity index (χ1v) is 8.14. The zero-order chi connectivity index (χ0) is 14.7. The van der Waals surface area contributed by atoms with Crippen LogP contribution >= 0.6 is 12.4 Å². The van der Waals surface area contributed by atoms with Gasteiger partial charge in [-0.25, -0.2) is 8.78 Å². The monoisotopic (exact) mass is 330 g/mol. The Labute approximate surface area is 137 Å². The molecule has 0 saturated carbocycles. The van der Waals surface area contributed by atoms with Gasteiger partial charge in [0.1, 0.15) is 11.6 Å². The van der Waals surface area contributed by atoms with Crippen molar-refractivity contribution in [2.24, 2.45) is 5.92 Å². The minimum absolute atomic E-state index is 0. The molecular formula is C17H25ClF2N2. The van der Waals surface area contributed by atoms with E-state index in [4.69, 9.17) is 0 Å². The van der Waals surface area contributed by atoms with Crippen molar-refractivity contribution in [3.63, 3.8) is 0 Å². The van der Waals surface area contributed by atoms with E-state index in [0.717, 1.165) is 45.1 Å². The van der Waals surface area contributed by atoms with E-state index in [1.165, 1.54) is 25.3 Å². The van der Waals surface area contributed by atoms with Crippen molar-refractivity contribution < 1.29 is 8.78 Å². The van der Waals surface area contributed by atoms with E-state index in [1.807, 2.05) is 0 Å². The molecule has 0 spiro atoms. The molecule has 22 heavy (non-hydrogen) atoms. The highest BCUT2D eigenvalue weighted by molar-refractivity contribution is 5.85. The van der Waals surface area contributed by atoms with Gasteiger partial charge in [0.05, 0.1) is 0 Å². The molecule has 0 bridgehead atoms. The highest BCUT2D eigenvalue weighted by Gasteiger charge is 2.28. The van der Waals surface area contributed by atoms with Crippen LogP contribution in [0.15, 0.2) is 18.2 Å². The molecule has 1 aromatic carbocycles. The van der Waals surface area contributed by atoms with Gasteiger partial charge in [0.2, 0.25) is 0 Å². The van der Waals surface area contributed by atoms with Gasteiger partial charge in [-0.2, -0.15) is 0 Å². The molecule has 2 fully saturated rings. The largest absolute Gasteiger partial charge is 0.316 e. The first-order valence-electron chi connectivity index (χ1n) is 8.14. The third kappa shape index (κ3) is 4.18. The summed E-state index contributed by atoms with van der Waals surface area (Å²) < 4.78 is 27.2. The van der Waals surface area contributed by atoms with E-state index in [0.29, 0.717) is 11.5 Å². The van der Waals surface area contributed by atoms with E-state index in [2.05, 4.69) is 10.2 Å². The van der Waals surface area contributed by atoms with Gasteiger partial charge in [-0.1, -0.05) is 12.5 Å². The van der Waals surface area contributed by atoms with Crippen LogP contribution in [0.25, 0.3) is 0 Å². The summed E-state index contributed by atoms with van der Waals surface area (Å²) in [6.45, 7) is 4.23. The maximum Gasteiger partial charge on any atom is 0.130 e. The number of hydrogen-bond donors (Lipinski definition) is 1. The number of likely N-dealkylation sites (tertiary alicyclic amines) is 1. The Morgan fingerprint density at radius 1 is 1.14 bits per heavy atom. The van der Waals surface area contributed by atoms with Crippen molar-refractivity contribution in [3.8, 4) is 0 Å². The molecule has 5 heteroatoms. The number of rotatable bonds is 3. The fraction of sp³-hybridized carbons (Fsp3) is 0.647. The Morgan fingerprint density at radius 2 is 2.00 bits per heavy atom. The van der Waals surface area contributed by atoms with Gasteiger partial charge in [-0.15, -0.1) is 12.4 Å². The van der Waals surface area contributed by atoms with Gasteiger partial charge >= 0.3 is 0 Å². The summed E-state index contributed by atoms with van der Waals surface area (Å²) in [5.41, 5.74) is 0.667. The molecular weight excluding hydrogens is 306 g/mol. The molecule has 0 radical (unpaired) electrons. The molecule has 2 heterocycles. The van der Waals surface area contributed by atoms with Crippen LogP contribution in [0.3, 0.4) is 0 Å². The number of hydrogen-bond acceptors (Lipinski definition) is 2. The van der Waals surface area contributed by atoms with Crippen molar-refractivity contribution in [2.45, 2.75) is 38.1 Å². The summed E-state index contributed by atoms with van der Waals surface area (Å²) in [6, 6.07) is 4.14. The van der Waals surface area contributed by atoms with Crippen LogP contribution in [0.4, 0.5) is 8.78 Å². The summed E-state index contributed by atoms with van der Waals surface area (Å²) >= 11 is 0. The smallest absolute Gasteiger partial charge is 0.130 e. The minimum atomic E-state index is -0.491. The van der Waals surface area contributed by atoms with Crippen LogP contribution in [0.2, 0.25) is 0 Å². The van der Waals surface area contributed by atoms with Gasteiger partial charge in [0.25, 0.3) is 0 Å². The molecule has 1 N–H and O–H groups in total. The molecule has 0 amide bonds. The number of halogens is 3. The highest BCUT2D eigenvalue weighted by Crippen LogP contribution is 2.33. The van der Waals surface area contributed by atoms with Gasteiger partial charge in [-0.3, -0.25) is 4.90 Å². The van der Waals surface area contributed by atoms with Crippen LogP contribution in [-0.2, 0) is 0 Å². The van der Waals surface area contributed by atoms with Gasteiger partial charge in [0, 0.05) is 24.2 Å². The zero-order valence-electron chi connectivity index (χ0n) is 12.9. The lowest BCUT2D eigenvalue weighted by atomic mass is 9.91. The maximum absolute atomic E-state index is 14.1. The number of piperidine rings is 2. The van der Waals surface area contributed by atoms with Crippen molar-refractivity contribution in [2.75, 3.05) is 26.2 Å². The van der Waals surface area contributed by atoms with Crippen molar-refractivity contribution in [1.29, 1.82) is 0 Å². The predicted molar refractivity (Wildman–Crippen MR) is 87.4 cm³/mol. The Bertz CT molecular complexity index is 478. The lowest BCUT2D eigenvalue weighted by Crippen LogP contribution is -2.42. The van der Waals surface area contributed by atoms with Crippen LogP contribution in [-0.4, -0.2) is 31.1 Å². The molecule has 3 rings (SSSR count). The SMILES string of the molecule is Cl.Fc1ccc(C2CCCCN2CC2CCCNC2)c(F)c1. The van der Waals surface area contributed by atoms with E-state index in [-0.39, 0.29) is 18.4 Å². The lowest BCUT2D eigenvalue weighted by Gasteiger charge is -2.39. The quantitative estimate of drug-likeness (QED) is 0.904. The third-order valence-electron chi connectivity index (χ3n) is 4.83. The van der Waals surface area contributed by atoms with E-state index >= 15 is 0 Å². The third-order valence-corrected chi connectivity index (χ3v) is 4.83. The molecule has 2 saturated heterocycles. The number of benzene rings is 1. The molecule has 2 aliphatic heterocycles. The molecule has 2 unspecified atom stereocenters. The summed E-state index contributed by atoms with van der Waals surface area (Å²) in [4.78, 5) is 2.41. The Kier molecular flexibility index (Phi) is 6.60. The first kappa shape index (κ1) is 17.6. The zero-order valence-corrected chi connectivity index (χ0v) is 13.7. The second-order valence-corrected chi connectivity index (χ2v) is 6.38. The summed E-state index contributed by atoms with van der Waals surface area (Å²) in [5, 5.41) is 3.45. The fourth-order valence-corrected chi connectivity index (χ4v) is 3.74. The van der Waals surface area contributed by atoms with Gasteiger partial charge in [0.15, 0.2) is 0 Å². The lowest BCUT2D eigenvalue weighted by molar-refractivity contribution is 0.114. The Hall–Kier alpha value is -0.710. The molecule has 0 aromatic heterocycles. The van der Waals surface area contributed by atoms with Crippen molar-refractivity contribution in [1.82, 2.24) is 10.2 Å². The summed E-state index contributed by atoms with van der Waals surface area (Å²) in [5.74, 6) is -0.230. The van der Waals surface area contributed by atoms with Gasteiger partial charge < -0.3 is 5.32 Å². The summed E-state index contributed by atoms with van der Waals surface area (Å²) in [7, 11) is 0. The summed E-state index contributed by atoms with van der Waals surface area (Å²) in [6.07, 6.45) is 5.76. The molecule has 0 aliphatic carbocycles. The highest BCUT2D eigenvalue weighted by atomic mass is 35.5. The van der Waals surface area contributed by atoms with E-state index < -0.39 is 11.6 Å². The van der Waals surface area contributed by atoms with Crippen LogP contribution in [0.1, 0.15) is 43.7 Å². The molecule has 124 valence electrons. The standard InChI is InChI=1S/C17H24F2N2.ClH/c18-14-6-7-15(16(19)10-14)17-5-1-2-9-21(17)12-13-4-3-8-20-11-13;/h6-7,10,13,17,20H,1-5,8-9,11-12H2;1H. The minimum Gasteiger partial charge on any atom is -0.316 e. The number of nitrogens with one attached hydrogen (secondary N) is 1. The Morgan fingerprint density at radius 3 is 2.73 bits per heavy atom. The van der Waals surface area contributed by atoms with Crippen molar-refractivity contribution >= 4 is 12.4 Å². The predicted octanol–water partition coefficient (Wildman–Crippen LogP) is 3.91. The average Bonchev–Trinajstić information content (AvgIpc) is 2.49. The van der Waals surface area contributed by atoms with Crippen LogP contribution in [0.5, 0.6) is 0 Å². The molecule has 1 aromatic rings. The number of nitrogens with zero attached hydrogens (tertiary/aromatic N) is 1. The van der Waals surface area contributed by atoms with Crippen LogP contribution < -0.4 is 5.32 Å². The molecule has 2 atom stereocenters. The maximum atomic E-state index is 14.1. The topological polar surface area (TPSA) is 15.3 Å². The normalized spacial score (nSPS) is 26.5. The van der Waals surface area contributed by atoms with E-state index in [9.17, 15) is 8.78 Å². The van der Waals surface area contributed by atoms with Crippen LogP contribution in [0, 0.1) is 17.6 Å². The fourth-order valence-electron chi connectivity index (χ4n) is 3.74. The van der Waals surface area contributed by atoms with E-state index in [1.54, 1.807) is 6.07 Å². The Balaban J connectivity index is 0.00000176. The second-order valence-electron chi connectivity index (χ2n) is 6.38. The van der Waals surface area contributed by atoms with Gasteiger partial charge in [-0.05, 0) is 57.3 Å². The second kappa shape index (κ2) is 8.23. The first-order chi connectivity index (χ1) is 10.2.